The normalized spacial score (nSPS) is 11.0. The van der Waals surface area contributed by atoms with Crippen molar-refractivity contribution in [2.45, 2.75) is 33.7 Å². The largest absolute Gasteiger partial charge is 0.361 e. The third-order valence-corrected chi connectivity index (χ3v) is 4.08. The van der Waals surface area contributed by atoms with E-state index in [4.69, 9.17) is 4.52 Å². The zero-order chi connectivity index (χ0) is 19.7. The molecule has 0 aliphatic rings. The Bertz CT molecular complexity index is 1080. The van der Waals surface area contributed by atoms with E-state index in [1.165, 1.54) is 4.68 Å². The Morgan fingerprint density at radius 3 is 2.30 bits per heavy atom. The Hall–Kier alpha value is -3.49. The molecule has 2 heterocycles. The molecule has 2 aromatic heterocycles. The van der Waals surface area contributed by atoms with Gasteiger partial charge in [0.1, 0.15) is 11.3 Å². The van der Waals surface area contributed by atoms with Gasteiger partial charge in [-0.3, -0.25) is 25.2 Å². The summed E-state index contributed by atoms with van der Waals surface area (Å²) in [5.74, 6) is -0.849. The molecular formula is C18H19N5O4. The van der Waals surface area contributed by atoms with E-state index in [2.05, 4.69) is 21.1 Å². The Morgan fingerprint density at radius 2 is 1.70 bits per heavy atom. The Morgan fingerprint density at radius 1 is 1.07 bits per heavy atom. The highest BCUT2D eigenvalue weighted by Crippen LogP contribution is 2.15. The van der Waals surface area contributed by atoms with Crippen molar-refractivity contribution in [2.75, 3.05) is 0 Å². The topological polar surface area (TPSA) is 119 Å². The molecule has 2 amide bonds. The van der Waals surface area contributed by atoms with Crippen molar-refractivity contribution >= 4 is 22.6 Å². The van der Waals surface area contributed by atoms with E-state index < -0.39 is 11.8 Å². The number of fused-ring (bicyclic) bond motifs is 1. The zero-order valence-corrected chi connectivity index (χ0v) is 15.4. The summed E-state index contributed by atoms with van der Waals surface area (Å²) in [7, 11) is 0. The average molecular weight is 369 g/mol. The fourth-order valence-electron chi connectivity index (χ4n) is 2.77. The number of hydrogen-bond donors (Lipinski definition) is 2. The summed E-state index contributed by atoms with van der Waals surface area (Å²) in [6, 6.07) is 6.47. The maximum Gasteiger partial charge on any atom is 0.290 e. The van der Waals surface area contributed by atoms with Gasteiger partial charge in [-0.25, -0.2) is 4.68 Å². The number of hydrogen-bond acceptors (Lipinski definition) is 6. The van der Waals surface area contributed by atoms with E-state index in [1.54, 1.807) is 52.0 Å². The predicted molar refractivity (Wildman–Crippen MR) is 97.3 cm³/mol. The number of nitrogens with zero attached hydrogens (tertiary/aromatic N) is 3. The van der Waals surface area contributed by atoms with E-state index in [0.29, 0.717) is 22.2 Å². The van der Waals surface area contributed by atoms with Crippen LogP contribution < -0.4 is 16.4 Å². The third kappa shape index (κ3) is 3.31. The molecule has 0 unspecified atom stereocenters. The monoisotopic (exact) mass is 369 g/mol. The van der Waals surface area contributed by atoms with Crippen LogP contribution in [0.25, 0.3) is 10.8 Å². The highest BCUT2D eigenvalue weighted by Gasteiger charge is 2.21. The molecule has 0 saturated carbocycles. The van der Waals surface area contributed by atoms with Crippen LogP contribution in [-0.2, 0) is 0 Å². The molecule has 0 bridgehead atoms. The van der Waals surface area contributed by atoms with Gasteiger partial charge in [0.2, 0.25) is 0 Å². The molecule has 3 aromatic rings. The van der Waals surface area contributed by atoms with Crippen molar-refractivity contribution in [1.29, 1.82) is 0 Å². The van der Waals surface area contributed by atoms with Gasteiger partial charge < -0.3 is 4.52 Å². The van der Waals surface area contributed by atoms with Crippen LogP contribution >= 0.6 is 0 Å². The lowest BCUT2D eigenvalue weighted by Gasteiger charge is -2.13. The summed E-state index contributed by atoms with van der Waals surface area (Å²) < 4.78 is 6.19. The summed E-state index contributed by atoms with van der Waals surface area (Å²) >= 11 is 0. The SMILES string of the molecule is Cc1noc(C)c1C(=O)NNC(=O)c1nn(C(C)C)c(=O)c2ccccc12. The van der Waals surface area contributed by atoms with E-state index in [0.717, 1.165) is 0 Å². The summed E-state index contributed by atoms with van der Waals surface area (Å²) in [6.07, 6.45) is 0. The van der Waals surface area contributed by atoms with Crippen molar-refractivity contribution in [2.24, 2.45) is 0 Å². The van der Waals surface area contributed by atoms with Crippen LogP contribution in [0.5, 0.6) is 0 Å². The van der Waals surface area contributed by atoms with Crippen LogP contribution in [0.15, 0.2) is 33.6 Å². The Kier molecular flexibility index (Phi) is 4.76. The molecule has 27 heavy (non-hydrogen) atoms. The number of carbonyl (C=O) groups excluding carboxylic acids is 2. The van der Waals surface area contributed by atoms with Crippen molar-refractivity contribution in [3.05, 3.63) is 57.3 Å². The van der Waals surface area contributed by atoms with Gasteiger partial charge in [-0.1, -0.05) is 23.4 Å². The maximum absolute atomic E-state index is 12.6. The van der Waals surface area contributed by atoms with Crippen LogP contribution in [-0.4, -0.2) is 26.8 Å². The van der Waals surface area contributed by atoms with E-state index >= 15 is 0 Å². The van der Waals surface area contributed by atoms with Crippen LogP contribution in [0.1, 0.15) is 52.2 Å². The lowest BCUT2D eigenvalue weighted by atomic mass is 10.1. The first-order valence-electron chi connectivity index (χ1n) is 8.36. The number of aryl methyl sites for hydroxylation is 2. The predicted octanol–water partition coefficient (Wildman–Crippen LogP) is 1.66. The minimum absolute atomic E-state index is 0.0398. The van der Waals surface area contributed by atoms with Crippen molar-refractivity contribution in [3.63, 3.8) is 0 Å². The first-order chi connectivity index (χ1) is 12.8. The molecule has 0 fully saturated rings. The number of benzene rings is 1. The number of amides is 2. The number of hydrazine groups is 1. The van der Waals surface area contributed by atoms with Gasteiger partial charge in [-0.15, -0.1) is 0 Å². The zero-order valence-electron chi connectivity index (χ0n) is 15.4. The van der Waals surface area contributed by atoms with Crippen molar-refractivity contribution < 1.29 is 14.1 Å². The number of nitrogens with one attached hydrogen (secondary N) is 2. The Labute approximate surface area is 154 Å². The van der Waals surface area contributed by atoms with E-state index in [1.807, 2.05) is 0 Å². The molecular weight excluding hydrogens is 350 g/mol. The quantitative estimate of drug-likeness (QED) is 0.678. The highest BCUT2D eigenvalue weighted by atomic mass is 16.5. The molecule has 0 atom stereocenters. The fraction of sp³-hybridized carbons (Fsp3) is 0.278. The minimum atomic E-state index is -0.638. The summed E-state index contributed by atoms with van der Waals surface area (Å²) in [5.41, 5.74) is 5.08. The standard InChI is InChI=1S/C18H19N5O4/c1-9(2)23-18(26)13-8-6-5-7-12(13)15(21-23)17(25)20-19-16(24)14-10(3)22-27-11(14)4/h5-9H,1-4H3,(H,19,24)(H,20,25). The molecule has 1 aromatic carbocycles. The average Bonchev–Trinajstić information content (AvgIpc) is 2.98. The second-order valence-electron chi connectivity index (χ2n) is 6.35. The summed E-state index contributed by atoms with van der Waals surface area (Å²) in [4.78, 5) is 37.4. The highest BCUT2D eigenvalue weighted by molar-refractivity contribution is 6.06. The fourth-order valence-corrected chi connectivity index (χ4v) is 2.77. The number of aromatic nitrogens is 3. The number of rotatable bonds is 3. The molecule has 140 valence electrons. The van der Waals surface area contributed by atoms with Gasteiger partial charge in [-0.2, -0.15) is 5.10 Å². The molecule has 2 N–H and O–H groups in total. The van der Waals surface area contributed by atoms with Crippen molar-refractivity contribution in [3.8, 4) is 0 Å². The lowest BCUT2D eigenvalue weighted by Crippen LogP contribution is -2.43. The molecule has 0 saturated heterocycles. The van der Waals surface area contributed by atoms with Gasteiger partial charge in [-0.05, 0) is 33.8 Å². The molecule has 0 aliphatic heterocycles. The van der Waals surface area contributed by atoms with Gasteiger partial charge in [0, 0.05) is 5.39 Å². The van der Waals surface area contributed by atoms with Crippen LogP contribution in [0.3, 0.4) is 0 Å². The molecule has 3 rings (SSSR count). The van der Waals surface area contributed by atoms with E-state index in [-0.39, 0.29) is 22.9 Å². The number of carbonyl (C=O) groups is 2. The first kappa shape index (κ1) is 18.3. The van der Waals surface area contributed by atoms with Gasteiger partial charge in [0.15, 0.2) is 5.69 Å². The second-order valence-corrected chi connectivity index (χ2v) is 6.35. The minimum Gasteiger partial charge on any atom is -0.361 e. The molecule has 9 heteroatoms. The van der Waals surface area contributed by atoms with E-state index in [9.17, 15) is 14.4 Å². The van der Waals surface area contributed by atoms with Gasteiger partial charge in [0.25, 0.3) is 17.4 Å². The van der Waals surface area contributed by atoms with Crippen LogP contribution in [0, 0.1) is 13.8 Å². The summed E-state index contributed by atoms with van der Waals surface area (Å²) in [6.45, 7) is 6.82. The third-order valence-electron chi connectivity index (χ3n) is 4.08. The molecule has 0 aliphatic carbocycles. The molecule has 9 nitrogen and oxygen atoms in total. The molecule has 0 radical (unpaired) electrons. The smallest absolute Gasteiger partial charge is 0.290 e. The Balaban J connectivity index is 1.93. The lowest BCUT2D eigenvalue weighted by molar-refractivity contribution is 0.0842. The van der Waals surface area contributed by atoms with Crippen LogP contribution in [0.4, 0.5) is 0 Å². The molecule has 0 spiro atoms. The maximum atomic E-state index is 12.6. The first-order valence-corrected chi connectivity index (χ1v) is 8.36. The van der Waals surface area contributed by atoms with Crippen LogP contribution in [0.2, 0.25) is 0 Å². The van der Waals surface area contributed by atoms with Gasteiger partial charge in [0.05, 0.1) is 17.1 Å². The van der Waals surface area contributed by atoms with Gasteiger partial charge >= 0.3 is 0 Å². The summed E-state index contributed by atoms with van der Waals surface area (Å²) in [5, 5.41) is 8.67. The second kappa shape index (κ2) is 7.02. The van der Waals surface area contributed by atoms with Crippen molar-refractivity contribution in [1.82, 2.24) is 25.8 Å².